The van der Waals surface area contributed by atoms with Gasteiger partial charge < -0.3 is 20.2 Å². The van der Waals surface area contributed by atoms with Gasteiger partial charge in [0.25, 0.3) is 0 Å². The highest BCUT2D eigenvalue weighted by molar-refractivity contribution is 14.0. The van der Waals surface area contributed by atoms with Gasteiger partial charge in [-0.3, -0.25) is 4.99 Å². The number of aliphatic imine (C=N–C) groups is 1. The Morgan fingerprint density at radius 1 is 1.08 bits per heavy atom. The second-order valence-electron chi connectivity index (χ2n) is 7.01. The molecule has 1 aliphatic carbocycles. The summed E-state index contributed by atoms with van der Waals surface area (Å²) in [4.78, 5) is 4.82. The molecule has 5 nitrogen and oxygen atoms in total. The van der Waals surface area contributed by atoms with Gasteiger partial charge in [0.1, 0.15) is 5.76 Å². The lowest BCUT2D eigenvalue weighted by Crippen LogP contribution is -2.39. The Bertz CT molecular complexity index is 460. The number of guanidine groups is 1. The Morgan fingerprint density at radius 2 is 1.85 bits per heavy atom. The standard InChI is InChI=1S/C20H35N3O2.HI/c24-15-7-2-1-6-13-21-20(22-14-12-19-11-8-16-25-19)23-17-18-9-4-3-5-10-18;/h8,11,16,18,24H,1-7,9-10,12-15,17H2,(H2,21,22,23);1H. The number of furan rings is 1. The molecule has 1 saturated carbocycles. The zero-order chi connectivity index (χ0) is 17.6. The van der Waals surface area contributed by atoms with Crippen molar-refractivity contribution in [3.05, 3.63) is 24.2 Å². The van der Waals surface area contributed by atoms with E-state index in [9.17, 15) is 0 Å². The minimum Gasteiger partial charge on any atom is -0.469 e. The van der Waals surface area contributed by atoms with Crippen molar-refractivity contribution in [3.63, 3.8) is 0 Å². The van der Waals surface area contributed by atoms with Gasteiger partial charge in [0.2, 0.25) is 0 Å². The Kier molecular flexibility index (Phi) is 13.7. The van der Waals surface area contributed by atoms with E-state index in [1.165, 1.54) is 32.1 Å². The minimum atomic E-state index is 0. The fraction of sp³-hybridized carbons (Fsp3) is 0.750. The van der Waals surface area contributed by atoms with Gasteiger partial charge in [-0.25, -0.2) is 0 Å². The second kappa shape index (κ2) is 15.3. The molecule has 0 amide bonds. The summed E-state index contributed by atoms with van der Waals surface area (Å²) in [6, 6.07) is 3.94. The van der Waals surface area contributed by atoms with Crippen LogP contribution in [0.5, 0.6) is 0 Å². The predicted octanol–water partition coefficient (Wildman–Crippen LogP) is 4.11. The summed E-state index contributed by atoms with van der Waals surface area (Å²) < 4.78 is 5.39. The number of aliphatic hydroxyl groups excluding tert-OH is 1. The van der Waals surface area contributed by atoms with E-state index < -0.39 is 0 Å². The van der Waals surface area contributed by atoms with Crippen LogP contribution in [0.25, 0.3) is 0 Å². The number of hydrogen-bond acceptors (Lipinski definition) is 3. The topological polar surface area (TPSA) is 69.8 Å². The number of unbranched alkanes of at least 4 members (excludes halogenated alkanes) is 3. The molecular formula is C20H36IN3O2. The maximum atomic E-state index is 8.83. The van der Waals surface area contributed by atoms with Gasteiger partial charge in [0, 0.05) is 32.7 Å². The Morgan fingerprint density at radius 3 is 2.58 bits per heavy atom. The number of aliphatic hydroxyl groups is 1. The molecule has 150 valence electrons. The van der Waals surface area contributed by atoms with E-state index in [0.717, 1.165) is 69.4 Å². The third kappa shape index (κ3) is 10.4. The van der Waals surface area contributed by atoms with E-state index in [0.29, 0.717) is 6.61 Å². The number of halogens is 1. The van der Waals surface area contributed by atoms with E-state index in [-0.39, 0.29) is 24.0 Å². The summed E-state index contributed by atoms with van der Waals surface area (Å²) in [6.07, 6.45) is 13.6. The van der Waals surface area contributed by atoms with E-state index in [1.54, 1.807) is 6.26 Å². The molecule has 2 rings (SSSR count). The summed E-state index contributed by atoms with van der Waals surface area (Å²) in [5.74, 6) is 2.68. The lowest BCUT2D eigenvalue weighted by atomic mass is 9.89. The van der Waals surface area contributed by atoms with E-state index >= 15 is 0 Å². The van der Waals surface area contributed by atoms with Crippen LogP contribution in [0, 0.1) is 5.92 Å². The average Bonchev–Trinajstić information content (AvgIpc) is 3.16. The molecule has 0 bridgehead atoms. The molecule has 0 aromatic carbocycles. The molecular weight excluding hydrogens is 441 g/mol. The molecule has 6 heteroatoms. The first-order valence-electron chi connectivity index (χ1n) is 10.0. The Balaban J connectivity index is 0.00000338. The molecule has 1 heterocycles. The van der Waals surface area contributed by atoms with Crippen LogP contribution in [0.2, 0.25) is 0 Å². The molecule has 0 unspecified atom stereocenters. The fourth-order valence-electron chi connectivity index (χ4n) is 3.32. The summed E-state index contributed by atoms with van der Waals surface area (Å²) in [5, 5.41) is 15.7. The highest BCUT2D eigenvalue weighted by atomic mass is 127. The van der Waals surface area contributed by atoms with Gasteiger partial charge in [-0.15, -0.1) is 24.0 Å². The molecule has 0 spiro atoms. The molecule has 0 atom stereocenters. The number of nitrogens with one attached hydrogen (secondary N) is 2. The van der Waals surface area contributed by atoms with Crippen LogP contribution in [-0.2, 0) is 6.42 Å². The van der Waals surface area contributed by atoms with Crippen molar-refractivity contribution < 1.29 is 9.52 Å². The van der Waals surface area contributed by atoms with Crippen LogP contribution in [0.4, 0.5) is 0 Å². The average molecular weight is 477 g/mol. The van der Waals surface area contributed by atoms with Crippen molar-refractivity contribution in [2.45, 2.75) is 64.2 Å². The van der Waals surface area contributed by atoms with E-state index in [2.05, 4.69) is 10.6 Å². The van der Waals surface area contributed by atoms with Gasteiger partial charge in [0.15, 0.2) is 5.96 Å². The molecule has 1 aliphatic rings. The minimum absolute atomic E-state index is 0. The number of rotatable bonds is 11. The smallest absolute Gasteiger partial charge is 0.191 e. The van der Waals surface area contributed by atoms with Crippen molar-refractivity contribution >= 4 is 29.9 Å². The Labute approximate surface area is 175 Å². The van der Waals surface area contributed by atoms with Crippen LogP contribution >= 0.6 is 24.0 Å². The van der Waals surface area contributed by atoms with E-state index in [4.69, 9.17) is 14.5 Å². The zero-order valence-electron chi connectivity index (χ0n) is 15.9. The first-order valence-corrected chi connectivity index (χ1v) is 10.0. The Hall–Kier alpha value is -0.760. The molecule has 3 N–H and O–H groups in total. The van der Waals surface area contributed by atoms with Crippen LogP contribution in [0.15, 0.2) is 27.8 Å². The molecule has 1 aromatic rings. The van der Waals surface area contributed by atoms with Crippen LogP contribution in [0.3, 0.4) is 0 Å². The van der Waals surface area contributed by atoms with Gasteiger partial charge in [0.05, 0.1) is 6.26 Å². The van der Waals surface area contributed by atoms with Gasteiger partial charge in [-0.2, -0.15) is 0 Å². The van der Waals surface area contributed by atoms with Gasteiger partial charge in [-0.1, -0.05) is 32.1 Å². The third-order valence-corrected chi connectivity index (χ3v) is 4.85. The molecule has 0 radical (unpaired) electrons. The lowest BCUT2D eigenvalue weighted by molar-refractivity contribution is 0.282. The third-order valence-electron chi connectivity index (χ3n) is 4.85. The van der Waals surface area contributed by atoms with Crippen molar-refractivity contribution in [2.24, 2.45) is 10.9 Å². The summed E-state index contributed by atoms with van der Waals surface area (Å²) in [7, 11) is 0. The quantitative estimate of drug-likeness (QED) is 0.194. The zero-order valence-corrected chi connectivity index (χ0v) is 18.3. The predicted molar refractivity (Wildman–Crippen MR) is 118 cm³/mol. The second-order valence-corrected chi connectivity index (χ2v) is 7.01. The maximum absolute atomic E-state index is 8.83. The van der Waals surface area contributed by atoms with Crippen molar-refractivity contribution in [1.29, 1.82) is 0 Å². The van der Waals surface area contributed by atoms with Crippen LogP contribution in [-0.4, -0.2) is 37.3 Å². The van der Waals surface area contributed by atoms with Crippen LogP contribution < -0.4 is 10.6 Å². The maximum Gasteiger partial charge on any atom is 0.191 e. The van der Waals surface area contributed by atoms with E-state index in [1.807, 2.05) is 12.1 Å². The molecule has 0 saturated heterocycles. The van der Waals surface area contributed by atoms with Crippen molar-refractivity contribution in [2.75, 3.05) is 26.2 Å². The van der Waals surface area contributed by atoms with Gasteiger partial charge in [-0.05, 0) is 43.7 Å². The van der Waals surface area contributed by atoms with Crippen LogP contribution in [0.1, 0.15) is 63.5 Å². The number of nitrogens with zero attached hydrogens (tertiary/aromatic N) is 1. The fourth-order valence-corrected chi connectivity index (χ4v) is 3.32. The first kappa shape index (κ1) is 23.3. The molecule has 26 heavy (non-hydrogen) atoms. The molecule has 1 fully saturated rings. The SMILES string of the molecule is I.OCCCCCCNC(=NCC1CCCCC1)NCCc1ccco1. The van der Waals surface area contributed by atoms with Crippen molar-refractivity contribution in [3.8, 4) is 0 Å². The molecule has 1 aromatic heterocycles. The highest BCUT2D eigenvalue weighted by Crippen LogP contribution is 2.23. The summed E-state index contributed by atoms with van der Waals surface area (Å²) in [6.45, 7) is 2.99. The monoisotopic (exact) mass is 477 g/mol. The summed E-state index contributed by atoms with van der Waals surface area (Å²) >= 11 is 0. The molecule has 0 aliphatic heterocycles. The highest BCUT2D eigenvalue weighted by Gasteiger charge is 2.13. The number of hydrogen-bond donors (Lipinski definition) is 3. The largest absolute Gasteiger partial charge is 0.469 e. The normalized spacial score (nSPS) is 15.5. The first-order chi connectivity index (χ1) is 12.4. The summed E-state index contributed by atoms with van der Waals surface area (Å²) in [5.41, 5.74) is 0. The van der Waals surface area contributed by atoms with Gasteiger partial charge >= 0.3 is 0 Å². The lowest BCUT2D eigenvalue weighted by Gasteiger charge is -2.20. The van der Waals surface area contributed by atoms with Crippen molar-refractivity contribution in [1.82, 2.24) is 10.6 Å².